The van der Waals surface area contributed by atoms with E-state index in [0.717, 1.165) is 89.4 Å². The summed E-state index contributed by atoms with van der Waals surface area (Å²) >= 11 is 0. The van der Waals surface area contributed by atoms with Gasteiger partial charge >= 0.3 is 0 Å². The normalized spacial score (nSPS) is 14.0. The van der Waals surface area contributed by atoms with Crippen molar-refractivity contribution in [3.8, 4) is 67.5 Å². The predicted molar refractivity (Wildman–Crippen MR) is 441 cm³/mol. The van der Waals surface area contributed by atoms with Crippen molar-refractivity contribution < 1.29 is 95.5 Å². The molecule has 12 nitrogen and oxygen atoms in total. The van der Waals surface area contributed by atoms with Crippen LogP contribution in [-0.4, -0.2) is 44.9 Å². The van der Waals surface area contributed by atoms with E-state index in [9.17, 15) is 0 Å². The second-order valence-corrected chi connectivity index (χ2v) is 25.3. The summed E-state index contributed by atoms with van der Waals surface area (Å²) in [6, 6.07) is 86.5. The van der Waals surface area contributed by atoms with Crippen LogP contribution in [0.15, 0.2) is 269 Å². The van der Waals surface area contributed by atoms with Crippen molar-refractivity contribution >= 4 is 66.2 Å². The van der Waals surface area contributed by atoms with Crippen LogP contribution in [0.4, 0.5) is 0 Å². The second-order valence-electron chi connectivity index (χ2n) is 25.3. The summed E-state index contributed by atoms with van der Waals surface area (Å²) in [5, 5.41) is 5.08. The van der Waals surface area contributed by atoms with Crippen molar-refractivity contribution in [2.75, 3.05) is 0 Å². The van der Waals surface area contributed by atoms with Crippen molar-refractivity contribution in [2.24, 2.45) is 5.92 Å². The van der Waals surface area contributed by atoms with Gasteiger partial charge in [0.15, 0.2) is 0 Å². The van der Waals surface area contributed by atoms with Gasteiger partial charge in [0.1, 0.15) is 0 Å². The number of nitrogens with zero attached hydrogens (tertiary/aromatic N) is 9. The van der Waals surface area contributed by atoms with Gasteiger partial charge in [-0.05, 0) is 171 Å². The summed E-state index contributed by atoms with van der Waals surface area (Å²) in [6.45, 7) is 5.23. The monoisotopic (exact) mass is 2020 g/mol. The molecule has 0 saturated heterocycles. The van der Waals surface area contributed by atoms with E-state index in [2.05, 4.69) is 81.3 Å². The maximum atomic E-state index is 8.52. The molecule has 567 valence electrons. The first kappa shape index (κ1) is 63.6. The number of pyridine rings is 9. The number of aromatic nitrogens is 9. The van der Waals surface area contributed by atoms with Gasteiger partial charge in [-0.15, -0.1) is 162 Å². The van der Waals surface area contributed by atoms with Crippen LogP contribution in [0.5, 0.6) is 0 Å². The number of fused-ring (bicyclic) bond motifs is 9. The molecule has 15 heteroatoms. The molecule has 12 aromatic heterocycles. The smallest absolute Gasteiger partial charge is 0.216 e. The Hall–Kier alpha value is -11.0. The number of rotatable bonds is 11. The molecule has 112 heavy (non-hydrogen) atoms. The number of furan rings is 3. The van der Waals surface area contributed by atoms with E-state index in [1.165, 1.54) is 45.3 Å². The fraction of sp³-hybridized carbons (Fsp3) is 0.165. The van der Waals surface area contributed by atoms with Crippen molar-refractivity contribution in [3.05, 3.63) is 342 Å². The summed E-state index contributed by atoms with van der Waals surface area (Å²) in [5.74, 6) is -2.56. The van der Waals surface area contributed by atoms with Crippen LogP contribution in [0.3, 0.4) is 0 Å². The summed E-state index contributed by atoms with van der Waals surface area (Å²) in [4.78, 5) is 39.0. The van der Waals surface area contributed by atoms with E-state index >= 15 is 0 Å². The maximum Gasteiger partial charge on any atom is 0.216 e. The molecule has 18 aromatic rings. The Labute approximate surface area is 718 Å². The van der Waals surface area contributed by atoms with Crippen LogP contribution in [0.25, 0.3) is 134 Å². The minimum absolute atomic E-state index is 0. The van der Waals surface area contributed by atoms with Crippen molar-refractivity contribution in [1.29, 1.82) is 0 Å². The largest absolute Gasteiger partial charge is 0.486 e. The molecule has 0 amide bonds. The quantitative estimate of drug-likeness (QED) is 0.113. The van der Waals surface area contributed by atoms with Crippen molar-refractivity contribution in [3.63, 3.8) is 0 Å². The van der Waals surface area contributed by atoms with Crippen LogP contribution < -0.4 is 0 Å². The number of hydrogen-bond donors (Lipinski definition) is 0. The molecular formula is C97H83Ir3N9O3-6. The van der Waals surface area contributed by atoms with Gasteiger partial charge in [-0.1, -0.05) is 146 Å². The van der Waals surface area contributed by atoms with Crippen LogP contribution >= 0.6 is 0 Å². The molecule has 0 bridgehead atoms. The average molecular weight is 2020 g/mol. The maximum absolute atomic E-state index is 8.52. The van der Waals surface area contributed by atoms with E-state index in [1.54, 1.807) is 56.7 Å². The fourth-order valence-electron chi connectivity index (χ4n) is 11.9. The van der Waals surface area contributed by atoms with Gasteiger partial charge in [-0.2, -0.15) is 0 Å². The van der Waals surface area contributed by atoms with Gasteiger partial charge in [0.25, 0.3) is 0 Å². The summed E-state index contributed by atoms with van der Waals surface area (Å²) in [6.07, 6.45) is 3.90. The number of aryl methyl sites for hydroxylation is 7. The Kier molecular flexibility index (Phi) is 22.6. The Morgan fingerprint density at radius 3 is 1.12 bits per heavy atom. The minimum Gasteiger partial charge on any atom is -0.486 e. The average Bonchev–Trinajstić information content (AvgIpc) is 1.41. The Morgan fingerprint density at radius 2 is 0.759 bits per heavy atom. The van der Waals surface area contributed by atoms with Gasteiger partial charge in [0.2, 0.25) is 17.1 Å². The molecule has 1 unspecified atom stereocenters. The zero-order valence-corrected chi connectivity index (χ0v) is 69.3. The first-order valence-electron chi connectivity index (χ1n) is 43.1. The number of benzene rings is 6. The first-order chi connectivity index (χ1) is 59.3. The van der Waals surface area contributed by atoms with Gasteiger partial charge in [-0.3, -0.25) is 0 Å². The second kappa shape index (κ2) is 39.8. The third-order valence-electron chi connectivity index (χ3n) is 17.1. The predicted octanol–water partition coefficient (Wildman–Crippen LogP) is 24.2. The Bertz CT molecular complexity index is 6510. The molecule has 0 spiro atoms. The van der Waals surface area contributed by atoms with E-state index in [0.29, 0.717) is 62.0 Å². The van der Waals surface area contributed by atoms with Crippen LogP contribution in [-0.2, 0) is 79.4 Å². The summed E-state index contributed by atoms with van der Waals surface area (Å²) < 4.78 is 146. The third kappa shape index (κ3) is 20.2. The molecule has 3 radical (unpaired) electrons. The van der Waals surface area contributed by atoms with E-state index in [1.807, 2.05) is 203 Å². The number of hydrogen-bond acceptors (Lipinski definition) is 12. The SMILES string of the molecule is [2H]C([2H])(C)c1cnc(-c2[c-]ccc3c2oc2nc(C)ccc23)cc1C([2H])([2H])C.[2H]C([2H])([2H])c1cc(-c2[c-]ccc3c2oc2nc(C)ccc23)ncc1C([2H])(C)C([2H])([2H])[2H].[2H]C([2H])([2H])c1cnc(-c2[c-]ccc3c2oc2nc(C)ccc23)cc1C([2H])([2H])C(C)C.[Ir].[Ir].[Ir].[c-]1ccccc1-c1ccccn1.[c-]1ccccc1-c1ccccn1.[c-]1ccccc1-c1ccccn1. The molecule has 0 aliphatic carbocycles. The van der Waals surface area contributed by atoms with Gasteiger partial charge in [-0.25, -0.2) is 15.0 Å². The minimum atomic E-state index is -2.73. The molecular weight excluding hydrogens is 1920 g/mol. The Morgan fingerprint density at radius 1 is 0.375 bits per heavy atom. The first-order valence-corrected chi connectivity index (χ1v) is 35.1. The summed E-state index contributed by atoms with van der Waals surface area (Å²) in [5.41, 5.74) is 14.4. The molecule has 0 fully saturated rings. The molecule has 6 aromatic carbocycles. The van der Waals surface area contributed by atoms with Crippen molar-refractivity contribution in [1.82, 2.24) is 44.9 Å². The van der Waals surface area contributed by atoms with Gasteiger partial charge in [0, 0.05) is 153 Å². The third-order valence-corrected chi connectivity index (χ3v) is 17.1. The molecule has 12 heterocycles. The zero-order chi connectivity index (χ0) is 89.6. The Balaban J connectivity index is 0.000000166. The molecule has 18 rings (SSSR count). The molecule has 0 N–H and O–H groups in total. The molecule has 0 saturated carbocycles. The molecule has 0 aliphatic rings. The van der Waals surface area contributed by atoms with Gasteiger partial charge < -0.3 is 43.2 Å². The standard InChI is InChI=1S/C22H21N2O.2C21H19N2O.3C11H8N.3Ir/c1-13(2)10-16-11-20(23-12-14(16)3)19-7-5-6-17-18-9-8-15(4)24-22(18)25-21(17)19;1-12(2)18-11-22-19(10-13(18)3)17-7-5-6-15-16-9-8-14(4)23-21(16)24-20(15)17;1-4-14-11-19(22-12-15(14)5-2)18-8-6-7-16-17-10-9-13(3)23-21(17)24-20(16)18;3*1-2-6-10(7-3-1)11-8-4-5-9-12-11;;;/h5-6,8-9,11-13H,10H2,1-4H3;5-6,8-12H,1-4H3;6-7,9-12H,4-5H2,1-3H3;3*1-6,8-9H;;;/q6*-1;;;/i3D3,10D2;1D3,3D3,12D;4D2,5D2;;;;;;. The van der Waals surface area contributed by atoms with E-state index < -0.39 is 51.5 Å². The fourth-order valence-corrected chi connectivity index (χ4v) is 11.9. The molecule has 1 atom stereocenters. The van der Waals surface area contributed by atoms with Crippen LogP contribution in [0.1, 0.15) is 120 Å². The zero-order valence-electron chi connectivity index (χ0n) is 78.1. The van der Waals surface area contributed by atoms with E-state index in [-0.39, 0.29) is 99.4 Å². The topological polar surface area (TPSA) is 155 Å². The van der Waals surface area contributed by atoms with E-state index in [4.69, 9.17) is 35.2 Å². The summed E-state index contributed by atoms with van der Waals surface area (Å²) in [7, 11) is 0. The van der Waals surface area contributed by atoms with Crippen LogP contribution in [0.2, 0.25) is 0 Å². The van der Waals surface area contributed by atoms with Crippen molar-refractivity contribution in [2.45, 2.75) is 101 Å². The van der Waals surface area contributed by atoms with Crippen LogP contribution in [0, 0.1) is 76.8 Å². The van der Waals surface area contributed by atoms with Gasteiger partial charge in [0.05, 0.1) is 16.7 Å². The molecule has 0 aliphatic heterocycles.